The van der Waals surface area contributed by atoms with E-state index in [0.29, 0.717) is 17.7 Å². The molecule has 6 heteroatoms. The monoisotopic (exact) mass is 378 g/mol. The van der Waals surface area contributed by atoms with Crippen molar-refractivity contribution < 1.29 is 14.6 Å². The summed E-state index contributed by atoms with van der Waals surface area (Å²) in [7, 11) is 1.62. The van der Waals surface area contributed by atoms with Gasteiger partial charge in [0.15, 0.2) is 0 Å². The third-order valence-corrected chi connectivity index (χ3v) is 5.74. The molecule has 0 saturated heterocycles. The minimum Gasteiger partial charge on any atom is -0.507 e. The number of hydrogen-bond acceptors (Lipinski definition) is 6. The maximum atomic E-state index is 10.4. The summed E-state index contributed by atoms with van der Waals surface area (Å²) >= 11 is 1.64. The minimum atomic E-state index is -0.276. The van der Waals surface area contributed by atoms with E-state index >= 15 is 0 Å². The molecule has 3 heterocycles. The fourth-order valence-electron chi connectivity index (χ4n) is 3.71. The highest BCUT2D eigenvalue weighted by atomic mass is 32.1. The molecule has 1 N–H and O–H groups in total. The number of phenolic OH excluding ortho intramolecular Hbond substituents is 1. The number of benzene rings is 2. The SMILES string of the molecule is COc1ccc(O)c(C2=NN3C(C2)c2ccccc2OC3c2ccsc2)c1. The van der Waals surface area contributed by atoms with Crippen molar-refractivity contribution in [3.63, 3.8) is 0 Å². The van der Waals surface area contributed by atoms with Gasteiger partial charge >= 0.3 is 0 Å². The van der Waals surface area contributed by atoms with Crippen LogP contribution in [0.3, 0.4) is 0 Å². The van der Waals surface area contributed by atoms with Crippen LogP contribution in [-0.4, -0.2) is 22.9 Å². The van der Waals surface area contributed by atoms with Gasteiger partial charge in [0, 0.05) is 23.1 Å². The summed E-state index contributed by atoms with van der Waals surface area (Å²) in [5.74, 6) is 1.79. The number of rotatable bonds is 3. The Balaban J connectivity index is 1.60. The molecule has 0 aliphatic carbocycles. The molecular formula is C21H18N2O3S. The molecule has 0 radical (unpaired) electrons. The van der Waals surface area contributed by atoms with Crippen LogP contribution >= 0.6 is 11.3 Å². The second kappa shape index (κ2) is 6.32. The van der Waals surface area contributed by atoms with Gasteiger partial charge in [-0.1, -0.05) is 18.2 Å². The van der Waals surface area contributed by atoms with Crippen molar-refractivity contribution in [1.29, 1.82) is 0 Å². The van der Waals surface area contributed by atoms with E-state index in [2.05, 4.69) is 17.5 Å². The molecule has 1 aromatic heterocycles. The lowest BCUT2D eigenvalue weighted by Gasteiger charge is -2.37. The van der Waals surface area contributed by atoms with Crippen LogP contribution in [0.2, 0.25) is 0 Å². The number of aromatic hydroxyl groups is 1. The van der Waals surface area contributed by atoms with Crippen molar-refractivity contribution in [3.8, 4) is 17.2 Å². The van der Waals surface area contributed by atoms with E-state index in [-0.39, 0.29) is 18.0 Å². The molecule has 0 saturated carbocycles. The Morgan fingerprint density at radius 2 is 2.11 bits per heavy atom. The van der Waals surface area contributed by atoms with Crippen molar-refractivity contribution in [2.75, 3.05) is 7.11 Å². The van der Waals surface area contributed by atoms with Crippen LogP contribution in [0.4, 0.5) is 0 Å². The van der Waals surface area contributed by atoms with Gasteiger partial charge in [-0.2, -0.15) is 16.4 Å². The first-order valence-corrected chi connectivity index (χ1v) is 9.70. The second-order valence-corrected chi connectivity index (χ2v) is 7.37. The quantitative estimate of drug-likeness (QED) is 0.717. The molecule has 2 aromatic carbocycles. The van der Waals surface area contributed by atoms with Crippen molar-refractivity contribution in [3.05, 3.63) is 76.0 Å². The van der Waals surface area contributed by atoms with Crippen LogP contribution in [0, 0.1) is 0 Å². The van der Waals surface area contributed by atoms with Gasteiger partial charge in [0.2, 0.25) is 6.23 Å². The highest BCUT2D eigenvalue weighted by Gasteiger charge is 2.41. The number of phenols is 1. The predicted molar refractivity (Wildman–Crippen MR) is 105 cm³/mol. The molecule has 2 aliphatic heterocycles. The lowest BCUT2D eigenvalue weighted by molar-refractivity contribution is -0.0187. The van der Waals surface area contributed by atoms with Gasteiger partial charge in [0.25, 0.3) is 0 Å². The number of hydrazone groups is 1. The number of nitrogens with zero attached hydrogens (tertiary/aromatic N) is 2. The van der Waals surface area contributed by atoms with Crippen molar-refractivity contribution in [2.24, 2.45) is 5.10 Å². The van der Waals surface area contributed by atoms with E-state index in [1.54, 1.807) is 30.6 Å². The number of fused-ring (bicyclic) bond motifs is 3. The molecule has 2 atom stereocenters. The Bertz CT molecular complexity index is 1020. The van der Waals surface area contributed by atoms with Gasteiger partial charge in [0.05, 0.1) is 18.9 Å². The fourth-order valence-corrected chi connectivity index (χ4v) is 4.37. The highest BCUT2D eigenvalue weighted by molar-refractivity contribution is 7.07. The van der Waals surface area contributed by atoms with Crippen molar-refractivity contribution in [1.82, 2.24) is 5.01 Å². The van der Waals surface area contributed by atoms with Crippen LogP contribution in [-0.2, 0) is 0 Å². The normalized spacial score (nSPS) is 20.5. The lowest BCUT2D eigenvalue weighted by Crippen LogP contribution is -2.33. The Hall–Kier alpha value is -2.99. The zero-order chi connectivity index (χ0) is 18.4. The van der Waals surface area contributed by atoms with Crippen molar-refractivity contribution in [2.45, 2.75) is 18.7 Å². The molecule has 0 spiro atoms. The number of methoxy groups -OCH3 is 1. The molecule has 136 valence electrons. The summed E-state index contributed by atoms with van der Waals surface area (Å²) in [5.41, 5.74) is 3.73. The number of para-hydroxylation sites is 1. The molecule has 2 unspecified atom stereocenters. The summed E-state index contributed by atoms with van der Waals surface area (Å²) in [6.07, 6.45) is 0.420. The first-order valence-electron chi connectivity index (χ1n) is 8.75. The molecule has 0 fully saturated rings. The molecule has 27 heavy (non-hydrogen) atoms. The topological polar surface area (TPSA) is 54.3 Å². The van der Waals surface area contributed by atoms with E-state index in [4.69, 9.17) is 14.6 Å². The predicted octanol–water partition coefficient (Wildman–Crippen LogP) is 4.70. The van der Waals surface area contributed by atoms with Crippen molar-refractivity contribution >= 4 is 17.0 Å². The van der Waals surface area contributed by atoms with Crippen LogP contribution in [0.1, 0.15) is 35.4 Å². The Morgan fingerprint density at radius 3 is 2.93 bits per heavy atom. The first-order chi connectivity index (χ1) is 13.2. The molecule has 2 aliphatic rings. The molecule has 0 amide bonds. The Morgan fingerprint density at radius 1 is 1.22 bits per heavy atom. The van der Waals surface area contributed by atoms with E-state index in [9.17, 15) is 5.11 Å². The van der Waals surface area contributed by atoms with Gasteiger partial charge in [-0.3, -0.25) is 0 Å². The van der Waals surface area contributed by atoms with E-state index in [0.717, 1.165) is 22.6 Å². The summed E-state index contributed by atoms with van der Waals surface area (Å²) in [6.45, 7) is 0. The minimum absolute atomic E-state index is 0.0699. The smallest absolute Gasteiger partial charge is 0.214 e. The third kappa shape index (κ3) is 2.64. The van der Waals surface area contributed by atoms with Gasteiger partial charge in [-0.25, -0.2) is 5.01 Å². The van der Waals surface area contributed by atoms with E-state index in [1.165, 1.54) is 0 Å². The van der Waals surface area contributed by atoms with Crippen LogP contribution in [0.5, 0.6) is 17.2 Å². The zero-order valence-electron chi connectivity index (χ0n) is 14.7. The standard InChI is InChI=1S/C21H18N2O3S/c1-25-14-6-7-19(24)16(10-14)17-11-18-15-4-2-3-5-20(15)26-21(23(18)22-17)13-8-9-27-12-13/h2-10,12,18,21,24H,11H2,1H3. The molecule has 0 bridgehead atoms. The molecular weight excluding hydrogens is 360 g/mol. The summed E-state index contributed by atoms with van der Waals surface area (Å²) in [5, 5.41) is 21.4. The number of ether oxygens (including phenoxy) is 2. The van der Waals surface area contributed by atoms with Gasteiger partial charge in [0.1, 0.15) is 17.2 Å². The fraction of sp³-hybridized carbons (Fsp3) is 0.190. The Kier molecular flexibility index (Phi) is 3.79. The average Bonchev–Trinajstić information content (AvgIpc) is 3.38. The maximum absolute atomic E-state index is 10.4. The summed E-state index contributed by atoms with van der Waals surface area (Å²) in [6, 6.07) is 15.5. The number of thiophene rings is 1. The van der Waals surface area contributed by atoms with E-state index in [1.807, 2.05) is 34.7 Å². The maximum Gasteiger partial charge on any atom is 0.214 e. The highest BCUT2D eigenvalue weighted by Crippen LogP contribution is 2.48. The summed E-state index contributed by atoms with van der Waals surface area (Å²) in [4.78, 5) is 0. The number of hydrogen-bond donors (Lipinski definition) is 1. The Labute approximate surface area is 161 Å². The van der Waals surface area contributed by atoms with Crippen LogP contribution < -0.4 is 9.47 Å². The third-order valence-electron chi connectivity index (χ3n) is 5.04. The summed E-state index contributed by atoms with van der Waals surface area (Å²) < 4.78 is 11.6. The van der Waals surface area contributed by atoms with E-state index < -0.39 is 0 Å². The van der Waals surface area contributed by atoms with Crippen LogP contribution in [0.15, 0.2) is 64.4 Å². The van der Waals surface area contributed by atoms with Gasteiger partial charge < -0.3 is 14.6 Å². The molecule has 5 nitrogen and oxygen atoms in total. The first kappa shape index (κ1) is 16.2. The van der Waals surface area contributed by atoms with Gasteiger partial charge in [-0.15, -0.1) is 0 Å². The molecule has 3 aromatic rings. The van der Waals surface area contributed by atoms with Gasteiger partial charge in [-0.05, 0) is 41.1 Å². The average molecular weight is 378 g/mol. The lowest BCUT2D eigenvalue weighted by atomic mass is 9.95. The second-order valence-electron chi connectivity index (χ2n) is 6.59. The largest absolute Gasteiger partial charge is 0.507 e. The molecule has 5 rings (SSSR count). The van der Waals surface area contributed by atoms with Crippen LogP contribution in [0.25, 0.3) is 0 Å². The zero-order valence-corrected chi connectivity index (χ0v) is 15.5.